The van der Waals surface area contributed by atoms with Gasteiger partial charge < -0.3 is 9.84 Å². The van der Waals surface area contributed by atoms with Crippen molar-refractivity contribution in [2.75, 3.05) is 6.54 Å². The fourth-order valence-corrected chi connectivity index (χ4v) is 1.40. The van der Waals surface area contributed by atoms with E-state index in [4.69, 9.17) is 9.84 Å². The average Bonchev–Trinajstić information content (AvgIpc) is 2.72. The first-order valence-electron chi connectivity index (χ1n) is 5.23. The van der Waals surface area contributed by atoms with Crippen LogP contribution in [0.3, 0.4) is 0 Å². The standard InChI is InChI=1S/C12H10N2O4/c15-10(16)7-13-6-9-12(17)18-11(14-9)8-4-2-1-3-5-8/h1-6,9H,7H2,(H,15,16). The molecule has 92 valence electrons. The second-order valence-corrected chi connectivity index (χ2v) is 3.55. The molecular formula is C12H10N2O4. The van der Waals surface area contributed by atoms with E-state index in [-0.39, 0.29) is 12.4 Å². The lowest BCUT2D eigenvalue weighted by Crippen LogP contribution is -2.17. The number of nitrogens with zero attached hydrogens (tertiary/aromatic N) is 2. The van der Waals surface area contributed by atoms with Crippen LogP contribution in [-0.4, -0.2) is 41.7 Å². The molecule has 0 aromatic heterocycles. The maximum atomic E-state index is 11.5. The second kappa shape index (κ2) is 5.22. The fraction of sp³-hybridized carbons (Fsp3) is 0.167. The molecule has 0 amide bonds. The topological polar surface area (TPSA) is 88.3 Å². The summed E-state index contributed by atoms with van der Waals surface area (Å²) in [5.41, 5.74) is 0.694. The van der Waals surface area contributed by atoms with E-state index >= 15 is 0 Å². The number of carboxylic acid groups (broad SMARTS) is 1. The third kappa shape index (κ3) is 2.79. The third-order valence-electron chi connectivity index (χ3n) is 2.19. The number of hydrogen-bond acceptors (Lipinski definition) is 5. The van der Waals surface area contributed by atoms with E-state index in [0.717, 1.165) is 0 Å². The van der Waals surface area contributed by atoms with Gasteiger partial charge in [-0.05, 0) is 12.1 Å². The summed E-state index contributed by atoms with van der Waals surface area (Å²) in [4.78, 5) is 29.4. The number of carbonyl (C=O) groups excluding carboxylic acids is 1. The Morgan fingerprint density at radius 1 is 1.44 bits per heavy atom. The predicted octanol–water partition coefficient (Wildman–Crippen LogP) is 0.514. The number of hydrogen-bond donors (Lipinski definition) is 1. The van der Waals surface area contributed by atoms with Gasteiger partial charge >= 0.3 is 11.9 Å². The van der Waals surface area contributed by atoms with Gasteiger partial charge in [0.15, 0.2) is 6.04 Å². The van der Waals surface area contributed by atoms with Crippen molar-refractivity contribution in [2.45, 2.75) is 6.04 Å². The molecular weight excluding hydrogens is 236 g/mol. The van der Waals surface area contributed by atoms with Gasteiger partial charge in [0.1, 0.15) is 6.54 Å². The molecule has 1 aromatic carbocycles. The summed E-state index contributed by atoms with van der Waals surface area (Å²) < 4.78 is 4.99. The molecule has 1 aliphatic rings. The highest BCUT2D eigenvalue weighted by molar-refractivity contribution is 6.11. The zero-order chi connectivity index (χ0) is 13.0. The zero-order valence-electron chi connectivity index (χ0n) is 9.31. The normalized spacial score (nSPS) is 18.8. The number of rotatable bonds is 4. The first-order valence-corrected chi connectivity index (χ1v) is 5.23. The molecule has 1 N–H and O–H groups in total. The van der Waals surface area contributed by atoms with Gasteiger partial charge in [0, 0.05) is 11.8 Å². The average molecular weight is 246 g/mol. The summed E-state index contributed by atoms with van der Waals surface area (Å²) in [6, 6.07) is 8.12. The minimum atomic E-state index is -1.06. The Balaban J connectivity index is 2.10. The largest absolute Gasteiger partial charge is 0.480 e. The molecule has 0 saturated heterocycles. The summed E-state index contributed by atoms with van der Waals surface area (Å²) in [5, 5.41) is 8.42. The lowest BCUT2D eigenvalue weighted by molar-refractivity contribution is -0.135. The number of cyclic esters (lactones) is 1. The van der Waals surface area contributed by atoms with Crippen molar-refractivity contribution in [1.29, 1.82) is 0 Å². The van der Waals surface area contributed by atoms with E-state index in [2.05, 4.69) is 9.98 Å². The Morgan fingerprint density at radius 2 is 2.17 bits per heavy atom. The quantitative estimate of drug-likeness (QED) is 0.619. The number of ether oxygens (including phenoxy) is 1. The van der Waals surface area contributed by atoms with Crippen molar-refractivity contribution in [3.8, 4) is 0 Å². The lowest BCUT2D eigenvalue weighted by Gasteiger charge is -1.97. The van der Waals surface area contributed by atoms with Crippen LogP contribution < -0.4 is 0 Å². The number of aliphatic carboxylic acids is 1. The summed E-state index contributed by atoms with van der Waals surface area (Å²) >= 11 is 0. The Labute approximate surface area is 103 Å². The van der Waals surface area contributed by atoms with Crippen LogP contribution in [0.1, 0.15) is 5.56 Å². The molecule has 2 rings (SSSR count). The summed E-state index contributed by atoms with van der Waals surface area (Å²) in [6.07, 6.45) is 1.19. The van der Waals surface area contributed by atoms with E-state index in [1.54, 1.807) is 24.3 Å². The highest BCUT2D eigenvalue weighted by Gasteiger charge is 2.28. The van der Waals surface area contributed by atoms with Crippen LogP contribution in [0, 0.1) is 0 Å². The Morgan fingerprint density at radius 3 is 2.83 bits per heavy atom. The molecule has 0 aliphatic carbocycles. The van der Waals surface area contributed by atoms with E-state index in [9.17, 15) is 9.59 Å². The first kappa shape index (κ1) is 12.0. The fourth-order valence-electron chi connectivity index (χ4n) is 1.40. The molecule has 0 saturated carbocycles. The molecule has 1 aromatic rings. The highest BCUT2D eigenvalue weighted by atomic mass is 16.6. The summed E-state index contributed by atoms with van der Waals surface area (Å²) in [5.74, 6) is -1.39. The van der Waals surface area contributed by atoms with Crippen LogP contribution in [0.2, 0.25) is 0 Å². The predicted molar refractivity (Wildman–Crippen MR) is 63.9 cm³/mol. The number of benzene rings is 1. The van der Waals surface area contributed by atoms with Crippen molar-refractivity contribution in [2.24, 2.45) is 9.98 Å². The van der Waals surface area contributed by atoms with Crippen molar-refractivity contribution in [3.05, 3.63) is 35.9 Å². The minimum Gasteiger partial charge on any atom is -0.480 e. The van der Waals surface area contributed by atoms with Gasteiger partial charge in [0.2, 0.25) is 5.90 Å². The molecule has 1 unspecified atom stereocenters. The SMILES string of the molecule is O=C(O)CN=CC1N=C(c2ccccc2)OC1=O. The molecule has 6 nitrogen and oxygen atoms in total. The smallest absolute Gasteiger partial charge is 0.343 e. The molecule has 0 fully saturated rings. The first-order chi connectivity index (χ1) is 8.66. The van der Waals surface area contributed by atoms with Crippen molar-refractivity contribution in [1.82, 2.24) is 0 Å². The van der Waals surface area contributed by atoms with Gasteiger partial charge in [0.05, 0.1) is 0 Å². The Bertz CT molecular complexity index is 522. The van der Waals surface area contributed by atoms with Crippen LogP contribution in [-0.2, 0) is 14.3 Å². The third-order valence-corrected chi connectivity index (χ3v) is 2.19. The number of carbonyl (C=O) groups is 2. The van der Waals surface area contributed by atoms with Crippen molar-refractivity contribution in [3.63, 3.8) is 0 Å². The molecule has 1 heterocycles. The van der Waals surface area contributed by atoms with Crippen LogP contribution in [0.5, 0.6) is 0 Å². The van der Waals surface area contributed by atoms with E-state index in [0.29, 0.717) is 5.56 Å². The molecule has 1 atom stereocenters. The second-order valence-electron chi connectivity index (χ2n) is 3.55. The maximum absolute atomic E-state index is 11.5. The molecule has 0 bridgehead atoms. The molecule has 6 heteroatoms. The maximum Gasteiger partial charge on any atom is 0.343 e. The van der Waals surface area contributed by atoms with Crippen LogP contribution in [0.15, 0.2) is 40.3 Å². The number of aliphatic imine (C=N–C) groups is 2. The zero-order valence-corrected chi connectivity index (χ0v) is 9.31. The molecule has 1 aliphatic heterocycles. The Hall–Kier alpha value is -2.50. The minimum absolute atomic E-state index is 0.229. The van der Waals surface area contributed by atoms with Crippen molar-refractivity contribution < 1.29 is 19.4 Å². The van der Waals surface area contributed by atoms with Crippen LogP contribution in [0.25, 0.3) is 0 Å². The van der Waals surface area contributed by atoms with Gasteiger partial charge in [-0.2, -0.15) is 0 Å². The van der Waals surface area contributed by atoms with Crippen LogP contribution in [0.4, 0.5) is 0 Å². The Kier molecular flexibility index (Phi) is 3.47. The van der Waals surface area contributed by atoms with Gasteiger partial charge in [-0.25, -0.2) is 9.79 Å². The molecule has 18 heavy (non-hydrogen) atoms. The van der Waals surface area contributed by atoms with Crippen LogP contribution >= 0.6 is 0 Å². The summed E-state index contributed by atoms with van der Waals surface area (Å²) in [7, 11) is 0. The van der Waals surface area contributed by atoms with Crippen molar-refractivity contribution >= 4 is 24.1 Å². The lowest BCUT2D eigenvalue weighted by atomic mass is 10.2. The molecule has 0 spiro atoms. The van der Waals surface area contributed by atoms with Gasteiger partial charge in [-0.3, -0.25) is 9.79 Å². The van der Waals surface area contributed by atoms with E-state index in [1.165, 1.54) is 6.21 Å². The van der Waals surface area contributed by atoms with Gasteiger partial charge in [-0.1, -0.05) is 18.2 Å². The van der Waals surface area contributed by atoms with E-state index < -0.39 is 18.0 Å². The molecule has 0 radical (unpaired) electrons. The number of esters is 1. The van der Waals surface area contributed by atoms with Gasteiger partial charge in [-0.15, -0.1) is 0 Å². The summed E-state index contributed by atoms with van der Waals surface area (Å²) in [6.45, 7) is -0.389. The number of carboxylic acids is 1. The monoisotopic (exact) mass is 246 g/mol. The highest BCUT2D eigenvalue weighted by Crippen LogP contribution is 2.12. The van der Waals surface area contributed by atoms with E-state index in [1.807, 2.05) is 6.07 Å². The van der Waals surface area contributed by atoms with Gasteiger partial charge in [0.25, 0.3) is 0 Å².